The number of piperazine rings is 1. The maximum Gasteiger partial charge on any atom is 0.278 e. The fourth-order valence-corrected chi connectivity index (χ4v) is 6.09. The van der Waals surface area contributed by atoms with E-state index in [1.54, 1.807) is 19.2 Å². The number of aromatic nitrogens is 3. The van der Waals surface area contributed by atoms with Gasteiger partial charge in [-0.3, -0.25) is 4.90 Å². The third-order valence-corrected chi connectivity index (χ3v) is 8.21. The van der Waals surface area contributed by atoms with Gasteiger partial charge in [0.1, 0.15) is 12.1 Å². The predicted octanol–water partition coefficient (Wildman–Crippen LogP) is 3.71. The maximum absolute atomic E-state index is 13.4. The second-order valence-electron chi connectivity index (χ2n) is 9.56. The Kier molecular flexibility index (Phi) is 7.53. The van der Waals surface area contributed by atoms with E-state index in [9.17, 15) is 12.8 Å². The van der Waals surface area contributed by atoms with Crippen molar-refractivity contribution in [2.75, 3.05) is 31.5 Å². The second-order valence-corrected chi connectivity index (χ2v) is 11.4. The van der Waals surface area contributed by atoms with Crippen molar-refractivity contribution in [1.29, 1.82) is 5.41 Å². The molecule has 0 spiro atoms. The van der Waals surface area contributed by atoms with Crippen molar-refractivity contribution >= 4 is 27.6 Å². The van der Waals surface area contributed by atoms with E-state index < -0.39 is 10.0 Å². The summed E-state index contributed by atoms with van der Waals surface area (Å²) in [7, 11) is -2.20. The molecule has 0 saturated carbocycles. The molecule has 1 saturated heterocycles. The lowest BCUT2D eigenvalue weighted by atomic mass is 9.94. The topological polar surface area (TPSA) is 107 Å². The van der Waals surface area contributed by atoms with Crippen LogP contribution < -0.4 is 5.32 Å². The van der Waals surface area contributed by atoms with Crippen molar-refractivity contribution in [3.05, 3.63) is 65.2 Å². The fourth-order valence-electron chi connectivity index (χ4n) is 4.64. The molecule has 2 aromatic carbocycles. The lowest BCUT2D eigenvalue weighted by Crippen LogP contribution is -2.51. The molecule has 1 atom stereocenters. The van der Waals surface area contributed by atoms with E-state index in [0.29, 0.717) is 30.3 Å². The average molecular weight is 514 g/mol. The summed E-state index contributed by atoms with van der Waals surface area (Å²) in [5.41, 5.74) is 4.05. The number of nitrogens with one attached hydrogen (secondary N) is 2. The standard InChI is InChI=1S/C25H32FN7O2S/c1-17(2)14-32-9-10-33(36(34,35)25-30-28-16-31(25)4)15-24(32)22-12-19(13-27)23(11-18(22)3)29-21-7-5-20(26)6-8-21/h5-8,11-13,16-17,24,27,29H,9-10,14-15H2,1-4H3/t24-/m1/s1. The molecule has 3 aromatic rings. The molecular formula is C25H32FN7O2S. The van der Waals surface area contributed by atoms with Gasteiger partial charge in [0.15, 0.2) is 0 Å². The Bertz CT molecular complexity index is 1340. The van der Waals surface area contributed by atoms with E-state index in [1.165, 1.54) is 33.5 Å². The molecule has 0 bridgehead atoms. The lowest BCUT2D eigenvalue weighted by molar-refractivity contribution is 0.104. The van der Waals surface area contributed by atoms with Crippen molar-refractivity contribution in [1.82, 2.24) is 24.0 Å². The summed E-state index contributed by atoms with van der Waals surface area (Å²) < 4.78 is 43.0. The lowest BCUT2D eigenvalue weighted by Gasteiger charge is -2.42. The molecule has 11 heteroatoms. The molecule has 0 unspecified atom stereocenters. The first-order valence-corrected chi connectivity index (χ1v) is 13.3. The summed E-state index contributed by atoms with van der Waals surface area (Å²) >= 11 is 0. The minimum atomic E-state index is -3.81. The summed E-state index contributed by atoms with van der Waals surface area (Å²) in [6.45, 7) is 8.30. The van der Waals surface area contributed by atoms with E-state index in [4.69, 9.17) is 5.41 Å². The highest BCUT2D eigenvalue weighted by Crippen LogP contribution is 2.34. The molecule has 36 heavy (non-hydrogen) atoms. The number of aryl methyl sites for hydroxylation is 2. The fraction of sp³-hybridized carbons (Fsp3) is 0.400. The Labute approximate surface area is 211 Å². The van der Waals surface area contributed by atoms with Crippen molar-refractivity contribution in [2.45, 2.75) is 32.0 Å². The minimum Gasteiger partial charge on any atom is -0.355 e. The third kappa shape index (κ3) is 5.32. The van der Waals surface area contributed by atoms with Gasteiger partial charge in [-0.05, 0) is 60.4 Å². The summed E-state index contributed by atoms with van der Waals surface area (Å²) in [4.78, 5) is 2.32. The quantitative estimate of drug-likeness (QED) is 0.445. The summed E-state index contributed by atoms with van der Waals surface area (Å²) in [6.07, 6.45) is 2.66. The molecule has 4 rings (SSSR count). The Morgan fingerprint density at radius 1 is 1.22 bits per heavy atom. The van der Waals surface area contributed by atoms with Crippen LogP contribution in [0.15, 0.2) is 47.9 Å². The number of anilines is 2. The van der Waals surface area contributed by atoms with Gasteiger partial charge in [-0.1, -0.05) is 13.8 Å². The first-order chi connectivity index (χ1) is 17.1. The molecule has 2 heterocycles. The Hall–Kier alpha value is -3.15. The molecule has 192 valence electrons. The predicted molar refractivity (Wildman–Crippen MR) is 138 cm³/mol. The molecule has 0 radical (unpaired) electrons. The van der Waals surface area contributed by atoms with Gasteiger partial charge >= 0.3 is 0 Å². The van der Waals surface area contributed by atoms with Crippen LogP contribution in [0.1, 0.15) is 36.6 Å². The molecule has 2 N–H and O–H groups in total. The third-order valence-electron chi connectivity index (χ3n) is 6.37. The van der Waals surface area contributed by atoms with Gasteiger partial charge < -0.3 is 15.3 Å². The van der Waals surface area contributed by atoms with Crippen LogP contribution in [0.5, 0.6) is 0 Å². The Morgan fingerprint density at radius 3 is 2.56 bits per heavy atom. The van der Waals surface area contributed by atoms with Crippen LogP contribution in [0, 0.1) is 24.1 Å². The smallest absolute Gasteiger partial charge is 0.278 e. The van der Waals surface area contributed by atoms with Gasteiger partial charge in [-0.15, -0.1) is 10.2 Å². The first-order valence-electron chi connectivity index (χ1n) is 11.9. The zero-order chi connectivity index (χ0) is 26.0. The van der Waals surface area contributed by atoms with Gasteiger partial charge in [0.25, 0.3) is 15.2 Å². The molecule has 1 aliphatic heterocycles. The highest BCUT2D eigenvalue weighted by atomic mass is 32.2. The van der Waals surface area contributed by atoms with Gasteiger partial charge in [0.05, 0.1) is 0 Å². The molecular weight excluding hydrogens is 481 g/mol. The minimum absolute atomic E-state index is 0.0747. The van der Waals surface area contributed by atoms with Crippen LogP contribution in [-0.4, -0.2) is 64.8 Å². The van der Waals surface area contributed by atoms with E-state index in [-0.39, 0.29) is 23.6 Å². The van der Waals surface area contributed by atoms with Crippen LogP contribution in [0.3, 0.4) is 0 Å². The van der Waals surface area contributed by atoms with Crippen LogP contribution in [0.4, 0.5) is 15.8 Å². The monoisotopic (exact) mass is 513 g/mol. The number of rotatable bonds is 8. The summed E-state index contributed by atoms with van der Waals surface area (Å²) in [5, 5.41) is 18.8. The van der Waals surface area contributed by atoms with E-state index in [1.807, 2.05) is 19.1 Å². The Morgan fingerprint density at radius 2 is 1.94 bits per heavy atom. The van der Waals surface area contributed by atoms with Crippen LogP contribution in [0.25, 0.3) is 0 Å². The zero-order valence-electron chi connectivity index (χ0n) is 20.9. The van der Waals surface area contributed by atoms with Gasteiger partial charge in [-0.2, -0.15) is 4.31 Å². The first kappa shape index (κ1) is 25.9. The van der Waals surface area contributed by atoms with Crippen LogP contribution in [-0.2, 0) is 17.1 Å². The summed E-state index contributed by atoms with van der Waals surface area (Å²) in [5.74, 6) is 0.0825. The van der Waals surface area contributed by atoms with Crippen molar-refractivity contribution < 1.29 is 12.8 Å². The van der Waals surface area contributed by atoms with Gasteiger partial charge in [0, 0.05) is 62.4 Å². The van der Waals surface area contributed by atoms with Crippen molar-refractivity contribution in [3.63, 3.8) is 0 Å². The average Bonchev–Trinajstić information content (AvgIpc) is 3.27. The molecule has 9 nitrogen and oxygen atoms in total. The van der Waals surface area contributed by atoms with Crippen molar-refractivity contribution in [2.24, 2.45) is 13.0 Å². The second kappa shape index (κ2) is 10.5. The molecule has 0 amide bonds. The number of nitrogens with zero attached hydrogens (tertiary/aromatic N) is 5. The number of hydrogen-bond donors (Lipinski definition) is 2. The SMILES string of the molecule is Cc1cc(Nc2ccc(F)cc2)c(C=N)cc1[C@H]1CN(S(=O)(=O)c2nncn2C)CCN1CC(C)C. The summed E-state index contributed by atoms with van der Waals surface area (Å²) in [6, 6.07) is 9.77. The number of hydrogen-bond acceptors (Lipinski definition) is 7. The van der Waals surface area contributed by atoms with E-state index >= 15 is 0 Å². The Balaban J connectivity index is 1.70. The zero-order valence-corrected chi connectivity index (χ0v) is 21.8. The van der Waals surface area contributed by atoms with E-state index in [0.717, 1.165) is 23.4 Å². The number of halogens is 1. The number of sulfonamides is 1. The largest absolute Gasteiger partial charge is 0.355 e. The highest BCUT2D eigenvalue weighted by molar-refractivity contribution is 7.89. The van der Waals surface area contributed by atoms with E-state index in [2.05, 4.69) is 34.3 Å². The maximum atomic E-state index is 13.4. The molecule has 1 fully saturated rings. The van der Waals surface area contributed by atoms with Gasteiger partial charge in [0.2, 0.25) is 0 Å². The molecule has 0 aliphatic carbocycles. The van der Waals surface area contributed by atoms with Crippen LogP contribution in [0.2, 0.25) is 0 Å². The molecule has 1 aromatic heterocycles. The molecule has 1 aliphatic rings. The van der Waals surface area contributed by atoms with Gasteiger partial charge in [-0.25, -0.2) is 12.8 Å². The highest BCUT2D eigenvalue weighted by Gasteiger charge is 2.37. The van der Waals surface area contributed by atoms with Crippen LogP contribution >= 0.6 is 0 Å². The van der Waals surface area contributed by atoms with Crippen molar-refractivity contribution in [3.8, 4) is 0 Å². The number of benzene rings is 2. The normalized spacial score (nSPS) is 17.4.